The highest BCUT2D eigenvalue weighted by atomic mass is 16.5. The summed E-state index contributed by atoms with van der Waals surface area (Å²) in [6, 6.07) is 5.31. The summed E-state index contributed by atoms with van der Waals surface area (Å²) in [4.78, 5) is 19.1. The minimum absolute atomic E-state index is 0.00173. The lowest BCUT2D eigenvalue weighted by Gasteiger charge is -2.31. The van der Waals surface area contributed by atoms with Crippen molar-refractivity contribution in [3.8, 4) is 6.01 Å². The Bertz CT molecular complexity index is 703. The molecule has 2 unspecified atom stereocenters. The lowest BCUT2D eigenvalue weighted by atomic mass is 10.0. The first-order chi connectivity index (χ1) is 10.0. The van der Waals surface area contributed by atoms with Gasteiger partial charge in [0.2, 0.25) is 0 Å². The largest absolute Gasteiger partial charge is 0.461 e. The predicted octanol–water partition coefficient (Wildman–Crippen LogP) is 1.84. The molecule has 1 fully saturated rings. The maximum absolute atomic E-state index is 12.1. The van der Waals surface area contributed by atoms with Gasteiger partial charge in [-0.05, 0) is 32.0 Å². The van der Waals surface area contributed by atoms with Crippen LogP contribution in [0.3, 0.4) is 0 Å². The molecule has 1 saturated heterocycles. The Balaban J connectivity index is 1.87. The maximum Gasteiger partial charge on any atom is 0.297 e. The summed E-state index contributed by atoms with van der Waals surface area (Å²) in [5.41, 5.74) is 6.56. The van der Waals surface area contributed by atoms with E-state index in [1.54, 1.807) is 18.2 Å². The van der Waals surface area contributed by atoms with Crippen LogP contribution in [-0.4, -0.2) is 28.3 Å². The second-order valence-electron chi connectivity index (χ2n) is 5.62. The molecule has 1 aliphatic rings. The van der Waals surface area contributed by atoms with Crippen molar-refractivity contribution in [2.24, 2.45) is 0 Å². The van der Waals surface area contributed by atoms with Crippen molar-refractivity contribution >= 4 is 16.6 Å². The highest BCUT2D eigenvalue weighted by molar-refractivity contribution is 5.81. The van der Waals surface area contributed by atoms with E-state index in [4.69, 9.17) is 15.2 Å². The zero-order valence-corrected chi connectivity index (χ0v) is 12.1. The molecule has 0 aliphatic carbocycles. The van der Waals surface area contributed by atoms with E-state index in [0.717, 1.165) is 12.8 Å². The van der Waals surface area contributed by atoms with Crippen LogP contribution in [-0.2, 0) is 4.74 Å². The van der Waals surface area contributed by atoms with Gasteiger partial charge in [-0.1, -0.05) is 0 Å². The lowest BCUT2D eigenvalue weighted by molar-refractivity contribution is -0.0738. The summed E-state index contributed by atoms with van der Waals surface area (Å²) in [5, 5.41) is 0.469. The number of hydrogen-bond acceptors (Lipinski definition) is 5. The van der Waals surface area contributed by atoms with Crippen LogP contribution in [0.15, 0.2) is 23.0 Å². The Labute approximate surface area is 122 Å². The fraction of sp³-hybridized carbons (Fsp3) is 0.467. The van der Waals surface area contributed by atoms with Crippen molar-refractivity contribution in [3.05, 3.63) is 28.6 Å². The fourth-order valence-electron chi connectivity index (χ4n) is 2.79. The Hall–Kier alpha value is -2.08. The summed E-state index contributed by atoms with van der Waals surface area (Å²) in [7, 11) is 0. The molecule has 0 bridgehead atoms. The molecule has 2 heterocycles. The number of nitrogen functional groups attached to an aromatic ring is 1. The molecule has 3 N–H and O–H groups in total. The molecule has 6 nitrogen and oxygen atoms in total. The summed E-state index contributed by atoms with van der Waals surface area (Å²) < 4.78 is 11.5. The Kier molecular flexibility index (Phi) is 3.55. The number of H-pyrrole nitrogens is 1. The molecule has 3 rings (SSSR count). The van der Waals surface area contributed by atoms with Crippen molar-refractivity contribution in [1.82, 2.24) is 9.97 Å². The van der Waals surface area contributed by atoms with Gasteiger partial charge in [0.05, 0.1) is 23.1 Å². The zero-order valence-electron chi connectivity index (χ0n) is 12.1. The summed E-state index contributed by atoms with van der Waals surface area (Å²) in [6.45, 7) is 4.04. The zero-order chi connectivity index (χ0) is 15.0. The summed E-state index contributed by atoms with van der Waals surface area (Å²) in [5.74, 6) is 0. The van der Waals surface area contributed by atoms with Gasteiger partial charge >= 0.3 is 0 Å². The van der Waals surface area contributed by atoms with Gasteiger partial charge in [0.25, 0.3) is 11.6 Å². The third kappa shape index (κ3) is 3.00. The van der Waals surface area contributed by atoms with Crippen LogP contribution in [0.5, 0.6) is 6.01 Å². The average Bonchev–Trinajstić information content (AvgIpc) is 2.38. The van der Waals surface area contributed by atoms with Crippen LogP contribution < -0.4 is 16.0 Å². The third-order valence-electron chi connectivity index (χ3n) is 3.64. The van der Waals surface area contributed by atoms with E-state index < -0.39 is 0 Å². The number of nitrogens with one attached hydrogen (secondary N) is 1. The smallest absolute Gasteiger partial charge is 0.297 e. The molecule has 2 aromatic rings. The van der Waals surface area contributed by atoms with E-state index in [9.17, 15) is 4.79 Å². The fourth-order valence-corrected chi connectivity index (χ4v) is 2.79. The monoisotopic (exact) mass is 289 g/mol. The van der Waals surface area contributed by atoms with Gasteiger partial charge in [0.15, 0.2) is 0 Å². The van der Waals surface area contributed by atoms with Crippen LogP contribution in [0.4, 0.5) is 5.69 Å². The number of hydrogen-bond donors (Lipinski definition) is 2. The SMILES string of the molecule is CC1CC(Oc2nc3ccc(N)cc3c(=O)[nH]2)CC(C)O1. The minimum atomic E-state index is -0.240. The van der Waals surface area contributed by atoms with Crippen LogP contribution >= 0.6 is 0 Å². The summed E-state index contributed by atoms with van der Waals surface area (Å²) >= 11 is 0. The molecule has 0 amide bonds. The molecule has 1 aliphatic heterocycles. The van der Waals surface area contributed by atoms with Crippen LogP contribution in [0.25, 0.3) is 10.9 Å². The minimum Gasteiger partial charge on any atom is -0.461 e. The van der Waals surface area contributed by atoms with Crippen LogP contribution in [0, 0.1) is 0 Å². The van der Waals surface area contributed by atoms with Gasteiger partial charge in [-0.3, -0.25) is 9.78 Å². The Morgan fingerprint density at radius 3 is 2.76 bits per heavy atom. The number of rotatable bonds is 2. The first-order valence-corrected chi connectivity index (χ1v) is 7.13. The highest BCUT2D eigenvalue weighted by Gasteiger charge is 2.26. The molecule has 0 spiro atoms. The molecular weight excluding hydrogens is 270 g/mol. The van der Waals surface area contributed by atoms with Crippen molar-refractivity contribution in [2.45, 2.75) is 45.0 Å². The van der Waals surface area contributed by atoms with Gasteiger partial charge in [0.1, 0.15) is 6.10 Å². The molecule has 2 atom stereocenters. The van der Waals surface area contributed by atoms with Crippen molar-refractivity contribution < 1.29 is 9.47 Å². The molecule has 21 heavy (non-hydrogen) atoms. The molecule has 0 radical (unpaired) electrons. The first-order valence-electron chi connectivity index (χ1n) is 7.13. The van der Waals surface area contributed by atoms with Crippen molar-refractivity contribution in [1.29, 1.82) is 0 Å². The van der Waals surface area contributed by atoms with Gasteiger partial charge in [-0.25, -0.2) is 0 Å². The number of aromatic nitrogens is 2. The molecule has 1 aromatic heterocycles. The van der Waals surface area contributed by atoms with Crippen molar-refractivity contribution in [3.63, 3.8) is 0 Å². The average molecular weight is 289 g/mol. The van der Waals surface area contributed by atoms with E-state index in [0.29, 0.717) is 16.6 Å². The maximum atomic E-state index is 12.1. The van der Waals surface area contributed by atoms with E-state index in [-0.39, 0.29) is 29.9 Å². The number of benzene rings is 1. The number of fused-ring (bicyclic) bond motifs is 1. The molecule has 0 saturated carbocycles. The highest BCUT2D eigenvalue weighted by Crippen LogP contribution is 2.23. The van der Waals surface area contributed by atoms with Crippen LogP contribution in [0.2, 0.25) is 0 Å². The standard InChI is InChI=1S/C15H19N3O3/c1-8-5-11(6-9(2)20-8)21-15-17-13-4-3-10(16)7-12(13)14(19)18-15/h3-4,7-9,11H,5-6,16H2,1-2H3,(H,17,18,19). The van der Waals surface area contributed by atoms with Gasteiger partial charge < -0.3 is 15.2 Å². The quantitative estimate of drug-likeness (QED) is 0.823. The number of nitrogens with two attached hydrogens (primary N) is 1. The number of nitrogens with zero attached hydrogens (tertiary/aromatic N) is 1. The molecule has 1 aromatic carbocycles. The first kappa shape index (κ1) is 13.9. The predicted molar refractivity (Wildman–Crippen MR) is 80.4 cm³/mol. The van der Waals surface area contributed by atoms with Gasteiger partial charge in [-0.15, -0.1) is 0 Å². The molecular formula is C15H19N3O3. The normalized spacial score (nSPS) is 25.9. The Morgan fingerprint density at radius 2 is 2.05 bits per heavy atom. The van der Waals surface area contributed by atoms with E-state index in [1.807, 2.05) is 13.8 Å². The van der Waals surface area contributed by atoms with E-state index in [1.165, 1.54) is 0 Å². The number of ether oxygens (including phenoxy) is 2. The molecule has 6 heteroatoms. The lowest BCUT2D eigenvalue weighted by Crippen LogP contribution is -2.36. The number of anilines is 1. The topological polar surface area (TPSA) is 90.2 Å². The van der Waals surface area contributed by atoms with Crippen LogP contribution in [0.1, 0.15) is 26.7 Å². The Morgan fingerprint density at radius 1 is 1.33 bits per heavy atom. The molecule has 112 valence electrons. The van der Waals surface area contributed by atoms with E-state index >= 15 is 0 Å². The second kappa shape index (κ2) is 5.37. The number of aromatic amines is 1. The van der Waals surface area contributed by atoms with E-state index in [2.05, 4.69) is 9.97 Å². The second-order valence-corrected chi connectivity index (χ2v) is 5.62. The third-order valence-corrected chi connectivity index (χ3v) is 3.64. The van der Waals surface area contributed by atoms with Gasteiger partial charge in [0, 0.05) is 18.5 Å². The summed E-state index contributed by atoms with van der Waals surface area (Å²) in [6.07, 6.45) is 1.86. The van der Waals surface area contributed by atoms with Gasteiger partial charge in [-0.2, -0.15) is 4.98 Å². The van der Waals surface area contributed by atoms with Crippen molar-refractivity contribution in [2.75, 3.05) is 5.73 Å².